The second kappa shape index (κ2) is 5.95. The van der Waals surface area contributed by atoms with Crippen LogP contribution < -0.4 is 16.4 Å². The van der Waals surface area contributed by atoms with E-state index in [1.807, 2.05) is 13.8 Å². The van der Waals surface area contributed by atoms with Gasteiger partial charge in [-0.1, -0.05) is 20.8 Å². The number of amides is 2. The van der Waals surface area contributed by atoms with Crippen LogP contribution in [0.4, 0.5) is 4.79 Å². The Balaban J connectivity index is 4.23. The molecular weight excluding hydrogens is 190 g/mol. The molecule has 1 unspecified atom stereocenters. The van der Waals surface area contributed by atoms with E-state index in [2.05, 4.69) is 31.4 Å². The van der Waals surface area contributed by atoms with Gasteiger partial charge in [-0.15, -0.1) is 0 Å². The van der Waals surface area contributed by atoms with Gasteiger partial charge in [-0.05, 0) is 32.2 Å². The molecule has 0 aromatic carbocycles. The van der Waals surface area contributed by atoms with Crippen LogP contribution >= 0.6 is 0 Å². The van der Waals surface area contributed by atoms with E-state index in [0.29, 0.717) is 6.54 Å². The van der Waals surface area contributed by atoms with Gasteiger partial charge in [-0.3, -0.25) is 0 Å². The van der Waals surface area contributed by atoms with Gasteiger partial charge < -0.3 is 16.4 Å². The minimum absolute atomic E-state index is 0.0354. The van der Waals surface area contributed by atoms with Gasteiger partial charge in [0.15, 0.2) is 0 Å². The third-order valence-electron chi connectivity index (χ3n) is 2.23. The Labute approximate surface area is 93.0 Å². The molecule has 0 rings (SSSR count). The molecular formula is C11H25N3O. The zero-order valence-electron chi connectivity index (χ0n) is 10.6. The summed E-state index contributed by atoms with van der Waals surface area (Å²) in [7, 11) is 0. The van der Waals surface area contributed by atoms with Crippen LogP contribution in [0.3, 0.4) is 0 Å². The SMILES string of the molecule is CC(C)NC(=O)NC(CCN)C(C)(C)C. The van der Waals surface area contributed by atoms with Crippen molar-refractivity contribution in [1.82, 2.24) is 10.6 Å². The quantitative estimate of drug-likeness (QED) is 0.664. The molecule has 0 fully saturated rings. The molecule has 0 aliphatic carbocycles. The van der Waals surface area contributed by atoms with E-state index in [4.69, 9.17) is 5.73 Å². The molecule has 0 aromatic heterocycles. The second-order valence-electron chi connectivity index (χ2n) is 5.27. The molecule has 1 atom stereocenters. The number of nitrogens with one attached hydrogen (secondary N) is 2. The summed E-state index contributed by atoms with van der Waals surface area (Å²) in [6.07, 6.45) is 0.801. The molecule has 4 N–H and O–H groups in total. The first-order valence-corrected chi connectivity index (χ1v) is 5.54. The fourth-order valence-corrected chi connectivity index (χ4v) is 1.35. The summed E-state index contributed by atoms with van der Waals surface area (Å²) < 4.78 is 0. The highest BCUT2D eigenvalue weighted by atomic mass is 16.2. The number of carbonyl (C=O) groups is 1. The first kappa shape index (κ1) is 14.2. The first-order chi connectivity index (χ1) is 6.77. The van der Waals surface area contributed by atoms with Crippen LogP contribution in [0.2, 0.25) is 0 Å². The van der Waals surface area contributed by atoms with Gasteiger partial charge in [0.2, 0.25) is 0 Å². The van der Waals surface area contributed by atoms with Crippen molar-refractivity contribution in [2.75, 3.05) is 6.54 Å². The largest absolute Gasteiger partial charge is 0.336 e. The molecule has 0 aromatic rings. The molecule has 0 bridgehead atoms. The van der Waals surface area contributed by atoms with E-state index in [1.165, 1.54) is 0 Å². The van der Waals surface area contributed by atoms with Gasteiger partial charge in [-0.25, -0.2) is 4.79 Å². The fourth-order valence-electron chi connectivity index (χ4n) is 1.35. The maximum Gasteiger partial charge on any atom is 0.315 e. The standard InChI is InChI=1S/C11H25N3O/c1-8(2)13-10(15)14-9(6-7-12)11(3,4)5/h8-9H,6-7,12H2,1-5H3,(H2,13,14,15). The number of hydrogen-bond acceptors (Lipinski definition) is 2. The minimum atomic E-state index is -0.113. The highest BCUT2D eigenvalue weighted by Gasteiger charge is 2.25. The van der Waals surface area contributed by atoms with E-state index in [-0.39, 0.29) is 23.5 Å². The highest BCUT2D eigenvalue weighted by Crippen LogP contribution is 2.21. The Hall–Kier alpha value is -0.770. The molecule has 0 aliphatic rings. The van der Waals surface area contributed by atoms with Crippen molar-refractivity contribution in [2.45, 2.75) is 53.1 Å². The molecule has 4 nitrogen and oxygen atoms in total. The molecule has 0 aliphatic heterocycles. The van der Waals surface area contributed by atoms with E-state index in [9.17, 15) is 4.79 Å². The molecule has 0 saturated heterocycles. The zero-order chi connectivity index (χ0) is 12.1. The van der Waals surface area contributed by atoms with E-state index in [1.54, 1.807) is 0 Å². The normalized spacial score (nSPS) is 13.8. The van der Waals surface area contributed by atoms with Gasteiger partial charge in [0.1, 0.15) is 0 Å². The van der Waals surface area contributed by atoms with Gasteiger partial charge in [0.25, 0.3) is 0 Å². The highest BCUT2D eigenvalue weighted by molar-refractivity contribution is 5.74. The summed E-state index contributed by atoms with van der Waals surface area (Å²) in [5.74, 6) is 0. The monoisotopic (exact) mass is 215 g/mol. The molecule has 2 amide bonds. The zero-order valence-corrected chi connectivity index (χ0v) is 10.6. The lowest BCUT2D eigenvalue weighted by molar-refractivity contribution is 0.212. The summed E-state index contributed by atoms with van der Waals surface area (Å²) in [6.45, 7) is 10.8. The third kappa shape index (κ3) is 6.33. The van der Waals surface area contributed by atoms with Crippen molar-refractivity contribution in [2.24, 2.45) is 11.1 Å². The summed E-state index contributed by atoms with van der Waals surface area (Å²) in [5, 5.41) is 5.77. The Morgan fingerprint density at radius 2 is 1.80 bits per heavy atom. The van der Waals surface area contributed by atoms with Gasteiger partial charge in [0.05, 0.1) is 0 Å². The number of carbonyl (C=O) groups excluding carboxylic acids is 1. The summed E-state index contributed by atoms with van der Waals surface area (Å²) in [6, 6.07) is 0.156. The number of nitrogens with two attached hydrogens (primary N) is 1. The van der Waals surface area contributed by atoms with Gasteiger partial charge in [0, 0.05) is 12.1 Å². The Morgan fingerprint density at radius 1 is 1.27 bits per heavy atom. The van der Waals surface area contributed by atoms with E-state index < -0.39 is 0 Å². The number of rotatable bonds is 4. The average molecular weight is 215 g/mol. The summed E-state index contributed by atoms with van der Waals surface area (Å²) in [4.78, 5) is 11.5. The van der Waals surface area contributed by atoms with Crippen molar-refractivity contribution in [1.29, 1.82) is 0 Å². The third-order valence-corrected chi connectivity index (χ3v) is 2.23. The minimum Gasteiger partial charge on any atom is -0.336 e. The lowest BCUT2D eigenvalue weighted by Gasteiger charge is -2.31. The fraction of sp³-hybridized carbons (Fsp3) is 0.909. The molecule has 90 valence electrons. The topological polar surface area (TPSA) is 67.2 Å². The molecule has 0 saturated carbocycles. The predicted octanol–water partition coefficient (Wildman–Crippen LogP) is 1.46. The predicted molar refractivity (Wildman–Crippen MR) is 63.7 cm³/mol. The Kier molecular flexibility index (Phi) is 5.65. The smallest absolute Gasteiger partial charge is 0.315 e. The van der Waals surface area contributed by atoms with Gasteiger partial charge in [-0.2, -0.15) is 0 Å². The molecule has 15 heavy (non-hydrogen) atoms. The van der Waals surface area contributed by atoms with Crippen molar-refractivity contribution in [3.8, 4) is 0 Å². The second-order valence-corrected chi connectivity index (χ2v) is 5.27. The number of hydrogen-bond donors (Lipinski definition) is 3. The Morgan fingerprint density at radius 3 is 2.13 bits per heavy atom. The lowest BCUT2D eigenvalue weighted by atomic mass is 9.85. The van der Waals surface area contributed by atoms with Crippen LogP contribution in [0.1, 0.15) is 41.0 Å². The number of urea groups is 1. The first-order valence-electron chi connectivity index (χ1n) is 5.54. The van der Waals surface area contributed by atoms with Crippen LogP contribution in [0.15, 0.2) is 0 Å². The van der Waals surface area contributed by atoms with Crippen molar-refractivity contribution in [3.63, 3.8) is 0 Å². The Bertz CT molecular complexity index is 196. The van der Waals surface area contributed by atoms with Crippen LogP contribution in [0, 0.1) is 5.41 Å². The molecule has 4 heteroatoms. The maximum atomic E-state index is 11.5. The van der Waals surface area contributed by atoms with Crippen molar-refractivity contribution < 1.29 is 4.79 Å². The van der Waals surface area contributed by atoms with Crippen LogP contribution in [-0.2, 0) is 0 Å². The lowest BCUT2D eigenvalue weighted by Crippen LogP contribution is -2.50. The summed E-state index contributed by atoms with van der Waals surface area (Å²) >= 11 is 0. The maximum absolute atomic E-state index is 11.5. The molecule has 0 heterocycles. The van der Waals surface area contributed by atoms with Crippen molar-refractivity contribution >= 4 is 6.03 Å². The molecule has 0 spiro atoms. The van der Waals surface area contributed by atoms with Gasteiger partial charge >= 0.3 is 6.03 Å². The average Bonchev–Trinajstić information content (AvgIpc) is 2.00. The van der Waals surface area contributed by atoms with E-state index >= 15 is 0 Å². The van der Waals surface area contributed by atoms with E-state index in [0.717, 1.165) is 6.42 Å². The van der Waals surface area contributed by atoms with Crippen LogP contribution in [0.25, 0.3) is 0 Å². The summed E-state index contributed by atoms with van der Waals surface area (Å²) in [5.41, 5.74) is 5.57. The van der Waals surface area contributed by atoms with Crippen molar-refractivity contribution in [3.05, 3.63) is 0 Å². The van der Waals surface area contributed by atoms with Crippen LogP contribution in [0.5, 0.6) is 0 Å². The van der Waals surface area contributed by atoms with Crippen LogP contribution in [-0.4, -0.2) is 24.7 Å². The molecule has 0 radical (unpaired) electrons.